The Kier molecular flexibility index (Phi) is 34.7. The van der Waals surface area contributed by atoms with Crippen LogP contribution in [0.3, 0.4) is 0 Å². The first-order chi connectivity index (χ1) is 23.3. The Morgan fingerprint density at radius 3 is 1.19 bits per heavy atom. The van der Waals surface area contributed by atoms with Crippen LogP contribution in [0.15, 0.2) is 0 Å². The highest BCUT2D eigenvalue weighted by Gasteiger charge is 2.34. The number of hydrogen-bond donors (Lipinski definition) is 5. The molecule has 48 heavy (non-hydrogen) atoms. The minimum absolute atomic E-state index is 0.230. The Morgan fingerprint density at radius 2 is 0.812 bits per heavy atom. The van der Waals surface area contributed by atoms with Gasteiger partial charge in [0.2, 0.25) is 0 Å². The summed E-state index contributed by atoms with van der Waals surface area (Å²) in [7, 11) is 0. The van der Waals surface area contributed by atoms with E-state index in [0.717, 1.165) is 32.1 Å². The molecule has 0 aliphatic heterocycles. The van der Waals surface area contributed by atoms with Crippen LogP contribution in [0, 0.1) is 0 Å². The van der Waals surface area contributed by atoms with Crippen LogP contribution in [0.5, 0.6) is 0 Å². The van der Waals surface area contributed by atoms with Gasteiger partial charge in [-0.3, -0.25) is 9.59 Å². The molecule has 0 bridgehead atoms. The van der Waals surface area contributed by atoms with Gasteiger partial charge < -0.3 is 30.5 Å². The van der Waals surface area contributed by atoms with Gasteiger partial charge in [0.1, 0.15) is 24.9 Å². The maximum Gasteiger partial charge on any atom is 0.305 e. The summed E-state index contributed by atoms with van der Waals surface area (Å²) in [5.41, 5.74) is 0. The minimum Gasteiger partial charge on any atom is -0.463 e. The molecule has 0 aliphatic carbocycles. The van der Waals surface area contributed by atoms with Crippen molar-refractivity contribution in [3.8, 4) is 0 Å². The second-order valence-corrected chi connectivity index (χ2v) is 14.3. The van der Waals surface area contributed by atoms with Crippen molar-refractivity contribution in [2.24, 2.45) is 0 Å². The number of ether oxygens (including phenoxy) is 1. The van der Waals surface area contributed by atoms with Crippen LogP contribution >= 0.6 is 0 Å². The van der Waals surface area contributed by atoms with Crippen LogP contribution in [0.4, 0.5) is 0 Å². The standard InChI is InChI=1S/C40H79NO7/c1-3-5-7-9-11-13-15-17-18-19-21-23-25-27-29-31-33-41-40(47)39(46)38(45)37(44)35(42)34-48-36(43)32-30-28-26-24-22-20-16-14-12-10-8-6-4-2/h35,37-39,42,44-46H,3-34H2,1-2H3,(H,41,47). The summed E-state index contributed by atoms with van der Waals surface area (Å²) in [5, 5.41) is 43.3. The van der Waals surface area contributed by atoms with Gasteiger partial charge in [-0.05, 0) is 12.8 Å². The molecule has 1 amide bonds. The largest absolute Gasteiger partial charge is 0.463 e. The summed E-state index contributed by atoms with van der Waals surface area (Å²) in [4.78, 5) is 24.3. The molecule has 5 N–H and O–H groups in total. The molecule has 0 saturated heterocycles. The maximum atomic E-state index is 12.2. The summed E-state index contributed by atoms with van der Waals surface area (Å²) >= 11 is 0. The number of hydrogen-bond acceptors (Lipinski definition) is 7. The molecule has 0 aliphatic rings. The van der Waals surface area contributed by atoms with Crippen molar-refractivity contribution in [3.63, 3.8) is 0 Å². The highest BCUT2D eigenvalue weighted by molar-refractivity contribution is 5.81. The summed E-state index contributed by atoms with van der Waals surface area (Å²) in [5.74, 6) is -1.27. The molecule has 0 heterocycles. The van der Waals surface area contributed by atoms with Crippen molar-refractivity contribution >= 4 is 11.9 Å². The molecule has 0 aromatic heterocycles. The molecular weight excluding hydrogens is 606 g/mol. The molecular formula is C40H79NO7. The van der Waals surface area contributed by atoms with Gasteiger partial charge in [-0.1, -0.05) is 187 Å². The zero-order valence-electron chi connectivity index (χ0n) is 31.5. The number of amides is 1. The predicted molar refractivity (Wildman–Crippen MR) is 198 cm³/mol. The average molecular weight is 686 g/mol. The fraction of sp³-hybridized carbons (Fsp3) is 0.950. The van der Waals surface area contributed by atoms with Crippen molar-refractivity contribution in [2.75, 3.05) is 13.2 Å². The highest BCUT2D eigenvalue weighted by Crippen LogP contribution is 2.15. The number of aliphatic hydroxyl groups excluding tert-OH is 4. The van der Waals surface area contributed by atoms with E-state index in [4.69, 9.17) is 4.74 Å². The van der Waals surface area contributed by atoms with Crippen LogP contribution in [0.2, 0.25) is 0 Å². The van der Waals surface area contributed by atoms with Gasteiger partial charge in [-0.25, -0.2) is 0 Å². The van der Waals surface area contributed by atoms with Crippen molar-refractivity contribution in [3.05, 3.63) is 0 Å². The SMILES string of the molecule is CCCCCCCCCCCCCCCCCCNC(=O)C(O)C(O)C(O)C(O)COC(=O)CCCCCCCCCCCCCCC. The second-order valence-electron chi connectivity index (χ2n) is 14.3. The van der Waals surface area contributed by atoms with Crippen molar-refractivity contribution in [2.45, 2.75) is 231 Å². The maximum absolute atomic E-state index is 12.2. The Morgan fingerprint density at radius 1 is 0.479 bits per heavy atom. The van der Waals surface area contributed by atoms with E-state index in [1.165, 1.54) is 148 Å². The van der Waals surface area contributed by atoms with Gasteiger partial charge in [-0.15, -0.1) is 0 Å². The number of carbonyl (C=O) groups excluding carboxylic acids is 2. The van der Waals surface area contributed by atoms with Crippen LogP contribution in [-0.2, 0) is 14.3 Å². The molecule has 0 saturated carbocycles. The molecule has 4 atom stereocenters. The van der Waals surface area contributed by atoms with Gasteiger partial charge in [0, 0.05) is 13.0 Å². The van der Waals surface area contributed by atoms with Crippen LogP contribution in [-0.4, -0.2) is 69.9 Å². The van der Waals surface area contributed by atoms with Gasteiger partial charge in [0.15, 0.2) is 6.10 Å². The predicted octanol–water partition coefficient (Wildman–Crippen LogP) is 8.83. The normalized spacial score (nSPS) is 14.0. The third-order valence-electron chi connectivity index (χ3n) is 9.57. The lowest BCUT2D eigenvalue weighted by Gasteiger charge is -2.25. The molecule has 0 aromatic carbocycles. The lowest BCUT2D eigenvalue weighted by atomic mass is 10.0. The van der Waals surface area contributed by atoms with E-state index in [1.807, 2.05) is 0 Å². The molecule has 8 nitrogen and oxygen atoms in total. The monoisotopic (exact) mass is 686 g/mol. The van der Waals surface area contributed by atoms with E-state index >= 15 is 0 Å². The smallest absolute Gasteiger partial charge is 0.305 e. The summed E-state index contributed by atoms with van der Waals surface area (Å²) in [6.07, 6.45) is 28.9. The van der Waals surface area contributed by atoms with E-state index < -0.39 is 42.9 Å². The Balaban J connectivity index is 3.73. The first-order valence-corrected chi connectivity index (χ1v) is 20.5. The number of rotatable bonds is 37. The van der Waals surface area contributed by atoms with Crippen molar-refractivity contribution in [1.29, 1.82) is 0 Å². The molecule has 0 aromatic rings. The van der Waals surface area contributed by atoms with Gasteiger partial charge in [-0.2, -0.15) is 0 Å². The van der Waals surface area contributed by atoms with E-state index in [-0.39, 0.29) is 6.42 Å². The number of carbonyl (C=O) groups is 2. The molecule has 8 heteroatoms. The van der Waals surface area contributed by atoms with Crippen molar-refractivity contribution < 1.29 is 34.8 Å². The Bertz CT molecular complexity index is 707. The lowest BCUT2D eigenvalue weighted by Crippen LogP contribution is -2.52. The molecule has 0 fully saturated rings. The van der Waals surface area contributed by atoms with Crippen molar-refractivity contribution in [1.82, 2.24) is 5.32 Å². The van der Waals surface area contributed by atoms with Gasteiger partial charge in [0.05, 0.1) is 0 Å². The van der Waals surface area contributed by atoms with Crippen LogP contribution < -0.4 is 5.32 Å². The van der Waals surface area contributed by atoms with E-state index in [1.54, 1.807) is 0 Å². The van der Waals surface area contributed by atoms with E-state index in [0.29, 0.717) is 13.0 Å². The molecule has 4 unspecified atom stereocenters. The molecule has 0 spiro atoms. The first-order valence-electron chi connectivity index (χ1n) is 20.5. The number of nitrogens with one attached hydrogen (secondary N) is 1. The lowest BCUT2D eigenvalue weighted by molar-refractivity contribution is -0.159. The summed E-state index contributed by atoms with van der Waals surface area (Å²) < 4.78 is 5.05. The number of unbranched alkanes of at least 4 members (excludes halogenated alkanes) is 27. The molecule has 286 valence electrons. The van der Waals surface area contributed by atoms with E-state index in [9.17, 15) is 30.0 Å². The van der Waals surface area contributed by atoms with Gasteiger partial charge in [0.25, 0.3) is 5.91 Å². The quantitative estimate of drug-likeness (QED) is 0.0326. The topological polar surface area (TPSA) is 136 Å². The third-order valence-corrected chi connectivity index (χ3v) is 9.57. The molecule has 0 rings (SSSR count). The number of esters is 1. The zero-order chi connectivity index (χ0) is 35.5. The fourth-order valence-corrected chi connectivity index (χ4v) is 6.19. The van der Waals surface area contributed by atoms with Crippen LogP contribution in [0.1, 0.15) is 206 Å². The number of aliphatic hydroxyl groups is 4. The Hall–Kier alpha value is -1.22. The third kappa shape index (κ3) is 29.7. The fourth-order valence-electron chi connectivity index (χ4n) is 6.19. The van der Waals surface area contributed by atoms with Crippen LogP contribution in [0.25, 0.3) is 0 Å². The minimum atomic E-state index is -1.90. The zero-order valence-corrected chi connectivity index (χ0v) is 31.5. The molecule has 0 radical (unpaired) electrons. The van der Waals surface area contributed by atoms with E-state index in [2.05, 4.69) is 19.2 Å². The Labute approximate surface area is 295 Å². The summed E-state index contributed by atoms with van der Waals surface area (Å²) in [6, 6.07) is 0. The average Bonchev–Trinajstić information content (AvgIpc) is 3.09. The summed E-state index contributed by atoms with van der Waals surface area (Å²) in [6.45, 7) is 4.36. The highest BCUT2D eigenvalue weighted by atomic mass is 16.5. The first kappa shape index (κ1) is 46.8. The van der Waals surface area contributed by atoms with Gasteiger partial charge >= 0.3 is 5.97 Å². The second kappa shape index (κ2) is 35.6.